The normalized spacial score (nSPS) is 12.5. The summed E-state index contributed by atoms with van der Waals surface area (Å²) in [7, 11) is -2.25. The Balaban J connectivity index is 1.53. The Labute approximate surface area is 239 Å². The first kappa shape index (κ1) is 26.9. The van der Waals surface area contributed by atoms with Gasteiger partial charge >= 0.3 is 0 Å². The zero-order valence-electron chi connectivity index (χ0n) is 22.8. The first-order valence-corrected chi connectivity index (χ1v) is 14.7. The number of hydrogen-bond donors (Lipinski definition) is 2. The summed E-state index contributed by atoms with van der Waals surface area (Å²) in [6.45, 7) is 2.00. The van der Waals surface area contributed by atoms with E-state index < -0.39 is 10.0 Å². The number of aromatic nitrogens is 8. The van der Waals surface area contributed by atoms with Gasteiger partial charge in [-0.1, -0.05) is 30.3 Å². The van der Waals surface area contributed by atoms with E-state index in [1.807, 2.05) is 37.3 Å². The van der Waals surface area contributed by atoms with E-state index in [1.165, 1.54) is 19.6 Å². The predicted octanol–water partition coefficient (Wildman–Crippen LogP) is 2.32. The summed E-state index contributed by atoms with van der Waals surface area (Å²) in [5.41, 5.74) is 8.79. The molecule has 6 aromatic rings. The minimum Gasteiger partial charge on any atom is -0.480 e. The van der Waals surface area contributed by atoms with Gasteiger partial charge in [-0.2, -0.15) is 10.2 Å². The van der Waals surface area contributed by atoms with Crippen LogP contribution in [-0.2, 0) is 16.6 Å². The second-order valence-electron chi connectivity index (χ2n) is 9.63. The average Bonchev–Trinajstić information content (AvgIpc) is 3.58. The van der Waals surface area contributed by atoms with Gasteiger partial charge in [-0.25, -0.2) is 32.6 Å². The fraction of sp³-hybridized carbons (Fsp3) is 0.185. The smallest absolute Gasteiger partial charge is 0.278 e. The van der Waals surface area contributed by atoms with Crippen LogP contribution in [0.3, 0.4) is 0 Å². The summed E-state index contributed by atoms with van der Waals surface area (Å²) in [5, 5.41) is 9.99. The fourth-order valence-corrected chi connectivity index (χ4v) is 5.47. The minimum absolute atomic E-state index is 0.0610. The molecule has 15 heteroatoms. The van der Waals surface area contributed by atoms with Crippen molar-refractivity contribution >= 4 is 38.1 Å². The van der Waals surface area contributed by atoms with Gasteiger partial charge in [0, 0.05) is 18.0 Å². The number of sulfonamides is 1. The Morgan fingerprint density at radius 2 is 1.86 bits per heavy atom. The molecule has 0 aliphatic carbocycles. The topological polar surface area (TPSA) is 177 Å². The molecule has 0 aliphatic heterocycles. The minimum atomic E-state index is -3.64. The molecule has 42 heavy (non-hydrogen) atoms. The molecular weight excluding hydrogens is 560 g/mol. The molecule has 0 amide bonds. The molecule has 0 bridgehead atoms. The second kappa shape index (κ2) is 10.3. The highest BCUT2D eigenvalue weighted by molar-refractivity contribution is 7.92. The van der Waals surface area contributed by atoms with Gasteiger partial charge in [0.05, 0.1) is 24.8 Å². The van der Waals surface area contributed by atoms with E-state index >= 15 is 0 Å². The molecule has 0 spiro atoms. The maximum atomic E-state index is 13.7. The number of hydrogen-bond acceptors (Lipinski definition) is 10. The van der Waals surface area contributed by atoms with Crippen molar-refractivity contribution in [1.82, 2.24) is 38.9 Å². The summed E-state index contributed by atoms with van der Waals surface area (Å²) in [4.78, 5) is 26.6. The molecule has 5 aromatic heterocycles. The number of nitrogen functional groups attached to an aromatic ring is 1. The number of nitrogens with two attached hydrogens (primary N) is 1. The predicted molar refractivity (Wildman–Crippen MR) is 157 cm³/mol. The zero-order chi connectivity index (χ0) is 29.6. The Kier molecular flexibility index (Phi) is 6.57. The molecule has 214 valence electrons. The van der Waals surface area contributed by atoms with E-state index in [4.69, 9.17) is 20.7 Å². The maximum absolute atomic E-state index is 13.7. The van der Waals surface area contributed by atoms with Crippen LogP contribution >= 0.6 is 0 Å². The summed E-state index contributed by atoms with van der Waals surface area (Å²) in [6, 6.07) is 14.4. The van der Waals surface area contributed by atoms with Gasteiger partial charge in [-0.3, -0.25) is 14.1 Å². The Hall–Kier alpha value is -5.31. The van der Waals surface area contributed by atoms with Crippen LogP contribution in [0.5, 0.6) is 5.88 Å². The number of fused-ring (bicyclic) bond motifs is 2. The summed E-state index contributed by atoms with van der Waals surface area (Å²) >= 11 is 0. The van der Waals surface area contributed by atoms with Crippen LogP contribution in [0, 0.1) is 0 Å². The van der Waals surface area contributed by atoms with Gasteiger partial charge in [-0.15, -0.1) is 0 Å². The molecule has 0 saturated heterocycles. The molecule has 5 heterocycles. The third-order valence-corrected chi connectivity index (χ3v) is 7.39. The van der Waals surface area contributed by atoms with Crippen molar-refractivity contribution in [2.45, 2.75) is 19.5 Å². The van der Waals surface area contributed by atoms with E-state index in [1.54, 1.807) is 38.2 Å². The fourth-order valence-electron chi connectivity index (χ4n) is 4.92. The van der Waals surface area contributed by atoms with Gasteiger partial charge in [0.15, 0.2) is 11.5 Å². The van der Waals surface area contributed by atoms with Crippen molar-refractivity contribution in [3.05, 3.63) is 89.0 Å². The highest BCUT2D eigenvalue weighted by Gasteiger charge is 2.23. The van der Waals surface area contributed by atoms with Gasteiger partial charge in [0.25, 0.3) is 5.56 Å². The first-order valence-electron chi connectivity index (χ1n) is 12.8. The van der Waals surface area contributed by atoms with Crippen molar-refractivity contribution < 1.29 is 13.2 Å². The van der Waals surface area contributed by atoms with Crippen LogP contribution in [0.1, 0.15) is 24.4 Å². The van der Waals surface area contributed by atoms with Crippen LogP contribution in [0.15, 0.2) is 72.0 Å². The highest BCUT2D eigenvalue weighted by atomic mass is 32.2. The van der Waals surface area contributed by atoms with Crippen molar-refractivity contribution in [1.29, 1.82) is 0 Å². The molecular formula is C27H26N10O4S. The molecule has 0 aliphatic rings. The Morgan fingerprint density at radius 1 is 1.07 bits per heavy atom. The van der Waals surface area contributed by atoms with Gasteiger partial charge in [0.2, 0.25) is 15.9 Å². The molecule has 0 fully saturated rings. The lowest BCUT2D eigenvalue weighted by Gasteiger charge is -2.20. The number of anilines is 2. The monoisotopic (exact) mass is 586 g/mol. The number of pyridine rings is 1. The molecule has 3 N–H and O–H groups in total. The molecule has 1 atom stereocenters. The molecule has 1 aromatic carbocycles. The number of methoxy groups -OCH3 is 1. The number of rotatable bonds is 8. The number of benzene rings is 1. The summed E-state index contributed by atoms with van der Waals surface area (Å²) in [5.74, 6) is 0.680. The second-order valence-corrected chi connectivity index (χ2v) is 11.4. The SMILES string of the molecule is COc1ncc(-c2nn(Cc3nn4cccc4c(=O)n3[C@@H](C)c3ccccc3)c3ncnc(N)c23)cc1NS(C)(=O)=O. The van der Waals surface area contributed by atoms with E-state index in [-0.39, 0.29) is 35.5 Å². The lowest BCUT2D eigenvalue weighted by Crippen LogP contribution is -2.31. The van der Waals surface area contributed by atoms with E-state index in [0.717, 1.165) is 11.8 Å². The molecule has 0 unspecified atom stereocenters. The van der Waals surface area contributed by atoms with E-state index in [9.17, 15) is 13.2 Å². The average molecular weight is 587 g/mol. The first-order chi connectivity index (χ1) is 20.1. The Bertz CT molecular complexity index is 2120. The van der Waals surface area contributed by atoms with Crippen LogP contribution in [0.2, 0.25) is 0 Å². The molecule has 0 radical (unpaired) electrons. The van der Waals surface area contributed by atoms with Crippen LogP contribution in [-0.4, -0.2) is 60.7 Å². The van der Waals surface area contributed by atoms with Crippen LogP contribution < -0.4 is 20.8 Å². The van der Waals surface area contributed by atoms with E-state index in [0.29, 0.717) is 33.6 Å². The summed E-state index contributed by atoms with van der Waals surface area (Å²) < 4.78 is 36.4. The van der Waals surface area contributed by atoms with Gasteiger partial charge < -0.3 is 10.5 Å². The lowest BCUT2D eigenvalue weighted by molar-refractivity contribution is 0.400. The zero-order valence-corrected chi connectivity index (χ0v) is 23.6. The molecule has 6 rings (SSSR count). The van der Waals surface area contributed by atoms with Gasteiger partial charge in [-0.05, 0) is 30.7 Å². The highest BCUT2D eigenvalue weighted by Crippen LogP contribution is 2.34. The number of ether oxygens (including phenoxy) is 1. The van der Waals surface area contributed by atoms with Crippen LogP contribution in [0.25, 0.3) is 27.8 Å². The maximum Gasteiger partial charge on any atom is 0.278 e. The Morgan fingerprint density at radius 3 is 2.60 bits per heavy atom. The van der Waals surface area contributed by atoms with Crippen molar-refractivity contribution in [2.24, 2.45) is 0 Å². The number of nitrogens with zero attached hydrogens (tertiary/aromatic N) is 8. The third kappa shape index (κ3) is 4.79. The van der Waals surface area contributed by atoms with Crippen molar-refractivity contribution in [3.63, 3.8) is 0 Å². The molecule has 14 nitrogen and oxygen atoms in total. The third-order valence-electron chi connectivity index (χ3n) is 6.80. The van der Waals surface area contributed by atoms with E-state index in [2.05, 4.69) is 19.7 Å². The number of nitrogens with one attached hydrogen (secondary N) is 1. The van der Waals surface area contributed by atoms with Crippen molar-refractivity contribution in [3.8, 4) is 17.1 Å². The quantitative estimate of drug-likeness (QED) is 0.269. The largest absolute Gasteiger partial charge is 0.480 e. The van der Waals surface area contributed by atoms with Crippen LogP contribution in [0.4, 0.5) is 11.5 Å². The van der Waals surface area contributed by atoms with Gasteiger partial charge in [0.1, 0.15) is 35.6 Å². The standard InChI is InChI=1S/C27H26N10O4S/c1-16(17-8-5-4-6-9-17)37-21(32-35-11-7-10-20(35)27(37)38)14-36-25-22(24(28)30-15-31-25)23(33-36)18-12-19(34-42(3,39)40)26(41-2)29-13-18/h4-13,15-16,34H,14H2,1-3H3,(H2,28,30,31)/t16-/m0/s1. The summed E-state index contributed by atoms with van der Waals surface area (Å²) in [6.07, 6.45) is 5.55. The lowest BCUT2D eigenvalue weighted by atomic mass is 10.1. The van der Waals surface area contributed by atoms with Crippen molar-refractivity contribution in [2.75, 3.05) is 23.8 Å². The molecule has 0 saturated carbocycles.